The second kappa shape index (κ2) is 41.0. The van der Waals surface area contributed by atoms with E-state index >= 15 is 9.59 Å². The van der Waals surface area contributed by atoms with Crippen molar-refractivity contribution in [1.82, 2.24) is 62.6 Å². The van der Waals surface area contributed by atoms with Crippen LogP contribution in [0.2, 0.25) is 0 Å². The molecule has 5 rings (SSSR count). The molecule has 4 aromatic rings. The average Bonchev–Trinajstić information content (AvgIpc) is 1.69. The molecule has 13 amide bonds. The predicted octanol–water partition coefficient (Wildman–Crippen LogP) is -7.69. The number of aliphatic hydroxyl groups is 1. The van der Waals surface area contributed by atoms with E-state index in [0.29, 0.717) is 40.4 Å². The topological polar surface area (TPSA) is 548 Å². The molecule has 1 saturated heterocycles. The molecule has 1 aliphatic rings. The maximum atomic E-state index is 15.1. The fraction of sp³-hybridized carbons (Fsp3) is 0.500. The zero-order valence-corrected chi connectivity index (χ0v) is 64.5. The van der Waals surface area contributed by atoms with Gasteiger partial charge in [-0.15, -0.1) is 0 Å². The Morgan fingerprint density at radius 2 is 1.27 bits per heavy atom. The van der Waals surface area contributed by atoms with Crippen molar-refractivity contribution in [3.05, 3.63) is 106 Å². The van der Waals surface area contributed by atoms with Gasteiger partial charge in [-0.3, -0.25) is 78.8 Å². The number of rotatable bonds is 39. The van der Waals surface area contributed by atoms with Crippen LogP contribution in [0.5, 0.6) is 0 Å². The average molecular weight is 1560 g/mol. The Morgan fingerprint density at radius 3 is 1.86 bits per heavy atom. The SMILES string of the molecule is CC(NC=O)C(=O)NC(Cc1ccc(Br)cc1)C(=O)N1CCCC1C(=O)NC(C(=O)N[C@H](C(=O)NC(Cc1c[nH]c2ccccc12)C(=O)NC(CCC[NH+]=C(N)N)C(=O)NC(CS(=O)(=O)[O-])C(=O)NC(C(=O)N(C)[C@@H](CCC(N)=O)C(=O)N[C@H](Cc1ccccc1)C(N)=O)C(C)O)C(C)(C)C)C(C)C.[Na+]. The summed E-state index contributed by atoms with van der Waals surface area (Å²) in [7, 11) is -4.45. The fourth-order valence-electron chi connectivity index (χ4n) is 11.6. The number of guanidine groups is 1. The third-order valence-corrected chi connectivity index (χ3v) is 18.6. The van der Waals surface area contributed by atoms with E-state index < -0.39 is 183 Å². The summed E-state index contributed by atoms with van der Waals surface area (Å²) in [5.74, 6) is -14.4. The summed E-state index contributed by atoms with van der Waals surface area (Å²) in [6, 6.07) is 5.24. The van der Waals surface area contributed by atoms with Crippen LogP contribution in [0.4, 0.5) is 0 Å². The van der Waals surface area contributed by atoms with Gasteiger partial charge in [0.25, 0.3) is 0 Å². The molecule has 37 heteroatoms. The maximum absolute atomic E-state index is 15.1. The number of nitrogens with two attached hydrogens (primary N) is 4. The molecule has 105 heavy (non-hydrogen) atoms. The number of likely N-dealkylation sites (N-methyl/N-ethyl adjacent to an activating group) is 1. The van der Waals surface area contributed by atoms with Crippen molar-refractivity contribution in [2.45, 2.75) is 179 Å². The van der Waals surface area contributed by atoms with E-state index in [1.165, 1.54) is 11.8 Å². The summed E-state index contributed by atoms with van der Waals surface area (Å²) in [4.78, 5) is 188. The van der Waals surface area contributed by atoms with Crippen molar-refractivity contribution in [2.75, 3.05) is 25.9 Å². The van der Waals surface area contributed by atoms with Gasteiger partial charge in [0.2, 0.25) is 77.3 Å². The van der Waals surface area contributed by atoms with Gasteiger partial charge in [-0.2, -0.15) is 0 Å². The Balaban J connectivity index is 0.0000233. The minimum absolute atomic E-state index is 0. The second-order valence-electron chi connectivity index (χ2n) is 27.0. The van der Waals surface area contributed by atoms with E-state index in [0.717, 1.165) is 23.3 Å². The monoisotopic (exact) mass is 1560 g/mol. The van der Waals surface area contributed by atoms with Gasteiger partial charge in [-0.05, 0) is 92.2 Å². The van der Waals surface area contributed by atoms with Crippen molar-refractivity contribution in [2.24, 2.45) is 34.3 Å². The minimum Gasteiger partial charge on any atom is -0.748 e. The normalized spacial score (nSPS) is 16.0. The number of carbonyl (C=O) groups excluding carboxylic acids is 13. The summed E-state index contributed by atoms with van der Waals surface area (Å²) in [5, 5.41) is 34.3. The van der Waals surface area contributed by atoms with Crippen molar-refractivity contribution >= 4 is 120 Å². The van der Waals surface area contributed by atoms with Crippen LogP contribution >= 0.6 is 15.9 Å². The largest absolute Gasteiger partial charge is 1.00 e. The van der Waals surface area contributed by atoms with Gasteiger partial charge in [0.05, 0.1) is 28.5 Å². The molecule has 12 atom stereocenters. The molecule has 0 saturated carbocycles. The molecule has 0 spiro atoms. The van der Waals surface area contributed by atoms with Gasteiger partial charge in [0.1, 0.15) is 66.5 Å². The Hall–Kier alpha value is -9.07. The van der Waals surface area contributed by atoms with Gasteiger partial charge in [-0.25, -0.2) is 8.42 Å². The number of hydrogen-bond acceptors (Lipinski definition) is 17. The molecular formula is C68H96BrN17NaO17S+. The Morgan fingerprint density at radius 1 is 0.695 bits per heavy atom. The van der Waals surface area contributed by atoms with Crippen molar-refractivity contribution < 1.29 is 115 Å². The number of carbonyl (C=O) groups is 13. The molecule has 20 N–H and O–H groups in total. The van der Waals surface area contributed by atoms with E-state index in [4.69, 9.17) is 22.9 Å². The molecule has 0 aliphatic carbocycles. The molecular weight excluding hydrogens is 1460 g/mol. The summed E-state index contributed by atoms with van der Waals surface area (Å²) < 4.78 is 38.5. The Bertz CT molecular complexity index is 3880. The number of benzene rings is 3. The first-order valence-corrected chi connectivity index (χ1v) is 36.0. The van der Waals surface area contributed by atoms with E-state index in [1.54, 1.807) is 120 Å². The smallest absolute Gasteiger partial charge is 0.748 e. The van der Waals surface area contributed by atoms with Crippen LogP contribution in [0.3, 0.4) is 0 Å². The number of para-hydroxylation sites is 1. The van der Waals surface area contributed by atoms with Gasteiger partial charge in [0, 0.05) is 60.8 Å². The first-order chi connectivity index (χ1) is 48.8. The number of nitrogens with one attached hydrogen (secondary N) is 11. The summed E-state index contributed by atoms with van der Waals surface area (Å²) in [6.07, 6.45) is -1.18. The van der Waals surface area contributed by atoms with Crippen LogP contribution < -0.4 is 105 Å². The molecule has 0 radical (unpaired) electrons. The molecule has 2 heterocycles. The molecule has 34 nitrogen and oxygen atoms in total. The van der Waals surface area contributed by atoms with Crippen LogP contribution in [0, 0.1) is 11.3 Å². The third kappa shape index (κ3) is 27.4. The van der Waals surface area contributed by atoms with Crippen LogP contribution in [0.25, 0.3) is 10.9 Å². The number of hydrogen-bond donors (Lipinski definition) is 16. The number of primary amides is 2. The predicted molar refractivity (Wildman–Crippen MR) is 382 cm³/mol. The van der Waals surface area contributed by atoms with Crippen molar-refractivity contribution in [3.63, 3.8) is 0 Å². The van der Waals surface area contributed by atoms with E-state index in [1.807, 2.05) is 0 Å². The Labute approximate surface area is 638 Å². The van der Waals surface area contributed by atoms with Gasteiger partial charge in [-0.1, -0.05) is 111 Å². The Kier molecular flexibility index (Phi) is 34.5. The van der Waals surface area contributed by atoms with Crippen molar-refractivity contribution in [1.29, 1.82) is 0 Å². The zero-order chi connectivity index (χ0) is 77.5. The molecule has 568 valence electrons. The fourth-order valence-corrected chi connectivity index (χ4v) is 12.5. The number of halogens is 1. The van der Waals surface area contributed by atoms with Gasteiger partial charge >= 0.3 is 35.5 Å². The summed E-state index contributed by atoms with van der Waals surface area (Å²) >= 11 is 3.39. The quantitative estimate of drug-likeness (QED) is 0.00493. The van der Waals surface area contributed by atoms with Crippen molar-refractivity contribution in [3.8, 4) is 0 Å². The second-order valence-corrected chi connectivity index (χ2v) is 29.3. The van der Waals surface area contributed by atoms with Crippen LogP contribution in [-0.4, -0.2) is 215 Å². The number of aromatic nitrogens is 1. The van der Waals surface area contributed by atoms with Gasteiger partial charge < -0.3 is 83.8 Å². The number of nitrogens with zero attached hydrogens (tertiary/aromatic N) is 2. The van der Waals surface area contributed by atoms with E-state index in [2.05, 4.69) is 73.8 Å². The molecule has 1 aliphatic heterocycles. The minimum atomic E-state index is -5.50. The number of aliphatic hydroxyl groups excluding tert-OH is 1. The van der Waals surface area contributed by atoms with Crippen LogP contribution in [0.15, 0.2) is 89.5 Å². The standard InChI is InChI=1S/C68H96BrN17O17S.Na/c1-36(2)53(82-62(96)51-21-15-29-86(51)65(99)48(80-57(91)37(3)76-35-87)31-40-22-24-42(69)25-23-40)63(97)84-55(68(5,6)7)64(98)79-47(32-41-33-75-44-19-13-12-18-43(41)44)59(93)77-45(20-14-28-74-67(72)73)58(92)81-49(34-104(101,102)103)60(94)83-54(38(4)88)66(100)85(8)50(26-27-52(70)89)61(95)78-46(56(71)90)30-39-16-10-9-11-17-39;/h9-13,16-19,22-25,33,35-38,45-51,53-55,75,88H,14-15,20-21,26-32,34H2,1-8H3,(H2,70,89)(H2,71,90)(H,76,87)(H,77,93)(H,78,95)(H,79,98)(H,80,91)(H,81,92)(H,82,96)(H,83,94)(H,84,97)(H4,72,73,74)(H,101,102,103);/q;+1/t37?,38?,45?,46-,47?,48?,49?,50+,51?,53?,54?,55-;/m1./s1. The molecule has 1 aromatic heterocycles. The van der Waals surface area contributed by atoms with E-state index in [9.17, 15) is 70.8 Å². The number of fused-ring (bicyclic) bond motifs is 1. The molecule has 1 fully saturated rings. The molecule has 9 unspecified atom stereocenters. The molecule has 0 bridgehead atoms. The molecule has 3 aromatic carbocycles. The van der Waals surface area contributed by atoms with Crippen LogP contribution in [-0.2, 0) is 91.7 Å². The third-order valence-electron chi connectivity index (χ3n) is 17.3. The number of H-pyrrole nitrogens is 1. The number of amides is 13. The zero-order valence-electron chi connectivity index (χ0n) is 60.1. The number of aromatic amines is 1. The first-order valence-electron chi connectivity index (χ1n) is 33.6. The van der Waals surface area contributed by atoms with Gasteiger partial charge in [0.15, 0.2) is 0 Å². The van der Waals surface area contributed by atoms with E-state index in [-0.39, 0.29) is 87.1 Å². The summed E-state index contributed by atoms with van der Waals surface area (Å²) in [6.45, 7) is 10.6. The first kappa shape index (κ1) is 88.3. The maximum Gasteiger partial charge on any atom is 1.00 e. The van der Waals surface area contributed by atoms with Crippen LogP contribution in [0.1, 0.15) is 104 Å². The number of likely N-dealkylation sites (tertiary alicyclic amines) is 1. The summed E-state index contributed by atoms with van der Waals surface area (Å²) in [5.41, 5.74) is 23.5.